The van der Waals surface area contributed by atoms with Gasteiger partial charge >= 0.3 is 63.5 Å². The van der Waals surface area contributed by atoms with Gasteiger partial charge in [0, 0.05) is 34.1 Å². The van der Waals surface area contributed by atoms with E-state index in [0.717, 1.165) is 0 Å². The van der Waals surface area contributed by atoms with Gasteiger partial charge in [-0.3, -0.25) is 0 Å². The molecule has 2 saturated carbocycles. The van der Waals surface area contributed by atoms with E-state index in [9.17, 15) is 0 Å². The summed E-state index contributed by atoms with van der Waals surface area (Å²) in [6.07, 6.45) is 15.0. The Morgan fingerprint density at radius 3 is 0.524 bits per heavy atom. The van der Waals surface area contributed by atoms with Crippen molar-refractivity contribution in [2.75, 3.05) is 0 Å². The quantitative estimate of drug-likeness (QED) is 0.346. The fraction of sp³-hybridized carbons (Fsp3) is 0.714. The van der Waals surface area contributed by atoms with Crippen molar-refractivity contribution in [1.82, 2.24) is 0 Å². The molecule has 0 spiro atoms. The van der Waals surface area contributed by atoms with Crippen LogP contribution in [-0.2, 0) is 48.1 Å². The molecule has 2 fully saturated rings. The first kappa shape index (κ1) is 43.0. The van der Waals surface area contributed by atoms with E-state index in [0.29, 0.717) is 0 Å². The Kier molecular flexibility index (Phi) is 144. The van der Waals surface area contributed by atoms with Crippen LogP contribution in [0.3, 0.4) is 0 Å². The molecular weight excluding hydrogens is 365 g/mol. The van der Waals surface area contributed by atoms with E-state index in [-0.39, 0.29) is 63.7 Å². The van der Waals surface area contributed by atoms with Crippen molar-refractivity contribution >= 4 is 0 Å². The second-order valence-corrected chi connectivity index (χ2v) is 3.54. The molecule has 2 aliphatic carbocycles. The molecule has 0 aromatic heterocycles. The Morgan fingerprint density at radius 2 is 0.476 bits per heavy atom. The first-order valence-corrected chi connectivity index (χ1v) is 5.84. The summed E-state index contributed by atoms with van der Waals surface area (Å²) in [5.74, 6) is 0. The van der Waals surface area contributed by atoms with Gasteiger partial charge in [0.2, 0.25) is 0 Å². The third kappa shape index (κ3) is 63.1. The average molecular weight is 385 g/mol. The van der Waals surface area contributed by atoms with Crippen molar-refractivity contribution in [3.05, 3.63) is 26.5 Å². The Morgan fingerprint density at radius 1 is 0.429 bits per heavy atom. The molecule has 0 aromatic carbocycles. The Labute approximate surface area is 172 Å². The molecule has 0 unspecified atom stereocenters. The normalized spacial score (nSPS) is 11.8. The van der Waals surface area contributed by atoms with Crippen LogP contribution < -0.4 is 29.6 Å². The molecule has 0 atom stereocenters. The number of hydrogen-bond donors (Lipinski definition) is 0. The van der Waals surface area contributed by atoms with Crippen molar-refractivity contribution in [2.45, 2.75) is 64.2 Å². The van der Waals surface area contributed by atoms with Crippen LogP contribution in [0.5, 0.6) is 0 Å². The summed E-state index contributed by atoms with van der Waals surface area (Å²) in [6, 6.07) is 0. The summed E-state index contributed by atoms with van der Waals surface area (Å²) < 4.78 is 22.5. The zero-order chi connectivity index (χ0) is 15.1. The summed E-state index contributed by atoms with van der Waals surface area (Å²) in [7, 11) is 0. The van der Waals surface area contributed by atoms with Crippen LogP contribution in [-0.4, -0.2) is 0 Å². The van der Waals surface area contributed by atoms with E-state index in [1.54, 1.807) is 0 Å². The molecular formula is C14H20Fe2NNaO3. The van der Waals surface area contributed by atoms with Gasteiger partial charge in [-0.15, -0.1) is 0 Å². The molecule has 0 radical (unpaired) electrons. The maximum atomic E-state index is 7.50. The van der Waals surface area contributed by atoms with Crippen LogP contribution in [0.2, 0.25) is 0 Å². The zero-order valence-corrected chi connectivity index (χ0v) is 16.7. The van der Waals surface area contributed by atoms with E-state index < -0.39 is 0 Å². The second kappa shape index (κ2) is 70.0. The number of rotatable bonds is 0. The standard InChI is InChI=1S/2C5H10.CN.3CO.2Fe.Na/c2*1-2-4-5-3-1;4*1-2;;;/h2*1-5H2;;;;;;;/q;;-1;;;;;;+1. The van der Waals surface area contributed by atoms with Crippen LogP contribution in [0, 0.1) is 31.8 Å². The molecule has 0 aromatic rings. The molecule has 0 saturated heterocycles. The monoisotopic (exact) mass is 385 g/mol. The van der Waals surface area contributed by atoms with Gasteiger partial charge in [0.25, 0.3) is 0 Å². The van der Waals surface area contributed by atoms with Crippen molar-refractivity contribution < 1.29 is 77.7 Å². The van der Waals surface area contributed by atoms with Crippen LogP contribution in [0.1, 0.15) is 64.2 Å². The summed E-state index contributed by atoms with van der Waals surface area (Å²) >= 11 is 0. The van der Waals surface area contributed by atoms with Gasteiger partial charge < -0.3 is 11.8 Å². The predicted molar refractivity (Wildman–Crippen MR) is 62.9 cm³/mol. The van der Waals surface area contributed by atoms with Gasteiger partial charge in [0.05, 0.1) is 0 Å². The van der Waals surface area contributed by atoms with Crippen molar-refractivity contribution in [2.24, 2.45) is 0 Å². The molecule has 21 heavy (non-hydrogen) atoms. The van der Waals surface area contributed by atoms with Crippen molar-refractivity contribution in [1.29, 1.82) is 5.26 Å². The first-order chi connectivity index (χ1) is 9.00. The minimum atomic E-state index is 0. The van der Waals surface area contributed by atoms with E-state index in [1.807, 2.05) is 0 Å². The second-order valence-electron chi connectivity index (χ2n) is 3.54. The minimum Gasteiger partial charge on any atom is 0 e. The van der Waals surface area contributed by atoms with Crippen LogP contribution in [0.4, 0.5) is 0 Å². The third-order valence-electron chi connectivity index (χ3n) is 2.50. The van der Waals surface area contributed by atoms with Gasteiger partial charge in [-0.25, -0.2) is 0 Å². The summed E-state index contributed by atoms with van der Waals surface area (Å²) in [5.41, 5.74) is 0. The van der Waals surface area contributed by atoms with Crippen molar-refractivity contribution in [3.63, 3.8) is 0 Å². The molecule has 116 valence electrons. The maximum absolute atomic E-state index is 7.50. The van der Waals surface area contributed by atoms with E-state index >= 15 is 0 Å². The smallest absolute Gasteiger partial charge is 0 e. The van der Waals surface area contributed by atoms with Crippen LogP contribution in [0.25, 0.3) is 0 Å². The topological polar surface area (TPSA) is 83.5 Å². The molecule has 2 rings (SSSR count). The van der Waals surface area contributed by atoms with E-state index in [4.69, 9.17) is 25.8 Å². The molecule has 7 heteroatoms. The fourth-order valence-corrected chi connectivity index (χ4v) is 1.77. The summed E-state index contributed by atoms with van der Waals surface area (Å²) in [5, 5.41) is 6.25. The Bertz CT molecular complexity index is 152. The Hall–Kier alpha value is 0.749. The Balaban J connectivity index is -0.0000000234. The molecule has 0 heterocycles. The van der Waals surface area contributed by atoms with Gasteiger partial charge in [0.15, 0.2) is 0 Å². The SMILES string of the molecule is C1CCCC1.C1CCCC1.[C-]#N.[C-]#[O+].[C-]#[O+].[C-]#[O+].[Fe].[Fe].[Na+]. The zero-order valence-electron chi connectivity index (χ0n) is 12.5. The first-order valence-electron chi connectivity index (χ1n) is 5.84. The van der Waals surface area contributed by atoms with Crippen LogP contribution >= 0.6 is 0 Å². The van der Waals surface area contributed by atoms with Gasteiger partial charge in [-0.2, -0.15) is 0 Å². The predicted octanol–water partition coefficient (Wildman–Crippen LogP) is 0.884. The maximum Gasteiger partial charge on any atom is 1.00 e. The minimum absolute atomic E-state index is 0. The number of hydrogen-bond acceptors (Lipinski definition) is 1. The summed E-state index contributed by atoms with van der Waals surface area (Å²) in [4.78, 5) is 0. The van der Waals surface area contributed by atoms with E-state index in [2.05, 4.69) is 20.0 Å². The molecule has 0 N–H and O–H groups in total. The molecule has 0 bridgehead atoms. The van der Waals surface area contributed by atoms with Gasteiger partial charge in [-0.05, 0) is 0 Å². The van der Waals surface area contributed by atoms with E-state index in [1.165, 1.54) is 64.2 Å². The average Bonchev–Trinajstić information content (AvgIpc) is 3.25. The largest absolute Gasteiger partial charge is 1.00 e. The summed E-state index contributed by atoms with van der Waals surface area (Å²) in [6.45, 7) is 18.2. The fourth-order valence-electron chi connectivity index (χ4n) is 1.77. The third-order valence-corrected chi connectivity index (χ3v) is 2.50. The molecule has 0 aliphatic heterocycles. The van der Waals surface area contributed by atoms with Crippen LogP contribution in [0.15, 0.2) is 0 Å². The van der Waals surface area contributed by atoms with Crippen molar-refractivity contribution in [3.8, 4) is 0 Å². The molecule has 4 nitrogen and oxygen atoms in total. The van der Waals surface area contributed by atoms with Gasteiger partial charge in [-0.1, -0.05) is 64.2 Å². The van der Waals surface area contributed by atoms with Gasteiger partial charge in [0.1, 0.15) is 0 Å². The molecule has 0 amide bonds. The molecule has 2 aliphatic rings. The number of nitrogens with zero attached hydrogens (tertiary/aromatic N) is 1.